The Hall–Kier alpha value is -1.68. The second kappa shape index (κ2) is 3.17. The molecule has 0 spiro atoms. The highest BCUT2D eigenvalue weighted by Gasteiger charge is 2.14. The molecule has 0 fully saturated rings. The zero-order valence-electron chi connectivity index (χ0n) is 9.41. The average molecular weight is 197 g/mol. The minimum atomic E-state index is 0.165. The van der Waals surface area contributed by atoms with Crippen LogP contribution in [-0.4, -0.2) is 4.57 Å². The summed E-state index contributed by atoms with van der Waals surface area (Å²) in [6.45, 7) is 6.62. The minimum absolute atomic E-state index is 0.165. The molecule has 0 aliphatic carbocycles. The molecule has 0 atom stereocenters. The van der Waals surface area contributed by atoms with Gasteiger partial charge in [0.25, 0.3) is 0 Å². The summed E-state index contributed by atoms with van der Waals surface area (Å²) in [5.41, 5.74) is 2.59. The zero-order chi connectivity index (χ0) is 11.1. The van der Waals surface area contributed by atoms with Crippen molar-refractivity contribution in [1.82, 2.24) is 4.57 Å². The van der Waals surface area contributed by atoms with Gasteiger partial charge in [0.1, 0.15) is 0 Å². The average Bonchev–Trinajstić information content (AvgIpc) is 2.57. The van der Waals surface area contributed by atoms with Gasteiger partial charge in [0.2, 0.25) is 0 Å². The molecular weight excluding hydrogens is 182 g/mol. The summed E-state index contributed by atoms with van der Waals surface area (Å²) < 4.78 is 1.82. The lowest BCUT2D eigenvalue weighted by molar-refractivity contribution is 0.591. The first-order valence-electron chi connectivity index (χ1n) is 5.10. The second-order valence-electron chi connectivity index (χ2n) is 4.84. The molecule has 1 aromatic heterocycles. The molecule has 0 N–H and O–H groups in total. The van der Waals surface area contributed by atoms with Crippen LogP contribution in [0.25, 0.3) is 10.9 Å². The number of benzene rings is 1. The fourth-order valence-corrected chi connectivity index (χ4v) is 1.71. The van der Waals surface area contributed by atoms with Crippen molar-refractivity contribution in [1.29, 1.82) is 0 Å². The Morgan fingerprint density at radius 2 is 1.93 bits per heavy atom. The second-order valence-corrected chi connectivity index (χ2v) is 4.84. The van der Waals surface area contributed by atoms with Crippen LogP contribution in [0.15, 0.2) is 30.5 Å². The fraction of sp³-hybridized carbons (Fsp3) is 0.286. The molecule has 0 aliphatic rings. The standard InChI is InChI=1S/C14H15N/c1-5-15-9-8-11-6-7-12(10-13(11)15)14(2,3)4/h1,6-10H,2-4H3. The van der Waals surface area contributed by atoms with Gasteiger partial charge in [0.05, 0.1) is 5.52 Å². The van der Waals surface area contributed by atoms with Gasteiger partial charge in [-0.15, -0.1) is 0 Å². The Labute approximate surface area is 90.7 Å². The Morgan fingerprint density at radius 3 is 2.53 bits per heavy atom. The van der Waals surface area contributed by atoms with Gasteiger partial charge in [0.15, 0.2) is 0 Å². The summed E-state index contributed by atoms with van der Waals surface area (Å²) >= 11 is 0. The number of fused-ring (bicyclic) bond motifs is 1. The topological polar surface area (TPSA) is 4.93 Å². The third-order valence-electron chi connectivity index (χ3n) is 2.70. The molecule has 0 radical (unpaired) electrons. The molecule has 0 aliphatic heterocycles. The van der Waals surface area contributed by atoms with Gasteiger partial charge < -0.3 is 0 Å². The van der Waals surface area contributed by atoms with E-state index < -0.39 is 0 Å². The number of nitrogens with zero attached hydrogens (tertiary/aromatic N) is 1. The molecule has 1 nitrogen and oxygen atoms in total. The largest absolute Gasteiger partial charge is 0.277 e. The predicted octanol–water partition coefficient (Wildman–Crippen LogP) is 3.38. The Morgan fingerprint density at radius 1 is 1.20 bits per heavy atom. The molecule has 0 saturated carbocycles. The van der Waals surface area contributed by atoms with Crippen molar-refractivity contribution in [3.8, 4) is 12.5 Å². The number of aromatic nitrogens is 1. The lowest BCUT2D eigenvalue weighted by Crippen LogP contribution is -2.10. The molecule has 0 amide bonds. The molecule has 2 aromatic rings. The first-order valence-corrected chi connectivity index (χ1v) is 5.10. The summed E-state index contributed by atoms with van der Waals surface area (Å²) in [6.07, 6.45) is 7.36. The first kappa shape index (κ1) is 9.86. The number of hydrogen-bond acceptors (Lipinski definition) is 0. The Kier molecular flexibility index (Phi) is 2.08. The Balaban J connectivity index is 2.69. The van der Waals surface area contributed by atoms with Gasteiger partial charge in [-0.2, -0.15) is 0 Å². The third-order valence-corrected chi connectivity index (χ3v) is 2.70. The predicted molar refractivity (Wildman–Crippen MR) is 64.9 cm³/mol. The fourth-order valence-electron chi connectivity index (χ4n) is 1.71. The van der Waals surface area contributed by atoms with E-state index in [1.165, 1.54) is 10.9 Å². The third kappa shape index (κ3) is 1.64. The van der Waals surface area contributed by atoms with E-state index in [2.05, 4.69) is 45.0 Å². The van der Waals surface area contributed by atoms with Crippen molar-refractivity contribution in [3.05, 3.63) is 36.0 Å². The van der Waals surface area contributed by atoms with Crippen molar-refractivity contribution in [2.24, 2.45) is 0 Å². The quantitative estimate of drug-likeness (QED) is 0.571. The van der Waals surface area contributed by atoms with Crippen molar-refractivity contribution in [2.45, 2.75) is 26.2 Å². The smallest absolute Gasteiger partial charge is 0.0614 e. The van der Waals surface area contributed by atoms with Crippen LogP contribution in [0.1, 0.15) is 26.3 Å². The summed E-state index contributed by atoms with van der Waals surface area (Å²) in [6, 6.07) is 11.2. The SMILES string of the molecule is C#Cn1ccc2ccc(C(C)(C)C)cc21. The first-order chi connectivity index (χ1) is 7.02. The maximum absolute atomic E-state index is 5.43. The highest BCUT2D eigenvalue weighted by Crippen LogP contribution is 2.26. The van der Waals surface area contributed by atoms with E-state index in [4.69, 9.17) is 6.42 Å². The molecule has 15 heavy (non-hydrogen) atoms. The highest BCUT2D eigenvalue weighted by molar-refractivity contribution is 5.82. The molecule has 1 heteroatoms. The highest BCUT2D eigenvalue weighted by atomic mass is 14.9. The molecule has 0 saturated heterocycles. The van der Waals surface area contributed by atoms with Crippen molar-refractivity contribution in [3.63, 3.8) is 0 Å². The zero-order valence-corrected chi connectivity index (χ0v) is 9.41. The molecule has 0 unspecified atom stereocenters. The number of hydrogen-bond donors (Lipinski definition) is 0. The van der Waals surface area contributed by atoms with Crippen LogP contribution in [0.4, 0.5) is 0 Å². The molecule has 0 bridgehead atoms. The maximum Gasteiger partial charge on any atom is 0.0614 e. The molecule has 1 aromatic carbocycles. The van der Waals surface area contributed by atoms with Crippen LogP contribution in [-0.2, 0) is 5.41 Å². The van der Waals surface area contributed by atoms with Gasteiger partial charge >= 0.3 is 0 Å². The molecule has 76 valence electrons. The van der Waals surface area contributed by atoms with Crippen LogP contribution in [0.3, 0.4) is 0 Å². The van der Waals surface area contributed by atoms with E-state index in [-0.39, 0.29) is 5.41 Å². The number of terminal acetylenes is 1. The molecule has 1 heterocycles. The van der Waals surface area contributed by atoms with E-state index in [0.717, 1.165) is 5.52 Å². The van der Waals surface area contributed by atoms with E-state index in [1.54, 1.807) is 0 Å². The maximum atomic E-state index is 5.43. The van der Waals surface area contributed by atoms with Crippen molar-refractivity contribution < 1.29 is 0 Å². The minimum Gasteiger partial charge on any atom is -0.277 e. The number of rotatable bonds is 0. The van der Waals surface area contributed by atoms with Gasteiger partial charge in [-0.05, 0) is 23.1 Å². The van der Waals surface area contributed by atoms with Gasteiger partial charge in [0, 0.05) is 17.6 Å². The van der Waals surface area contributed by atoms with Gasteiger partial charge in [-0.1, -0.05) is 39.3 Å². The summed E-state index contributed by atoms with van der Waals surface area (Å²) in [4.78, 5) is 0. The monoisotopic (exact) mass is 197 g/mol. The van der Waals surface area contributed by atoms with Crippen LogP contribution < -0.4 is 0 Å². The van der Waals surface area contributed by atoms with Crippen LogP contribution in [0, 0.1) is 12.5 Å². The lowest BCUT2D eigenvalue weighted by Gasteiger charge is -2.19. The Bertz CT molecular complexity index is 532. The van der Waals surface area contributed by atoms with Crippen molar-refractivity contribution >= 4 is 10.9 Å². The van der Waals surface area contributed by atoms with Gasteiger partial charge in [-0.25, -0.2) is 0 Å². The molecular formula is C14H15N. The van der Waals surface area contributed by atoms with E-state index in [1.807, 2.05) is 16.8 Å². The van der Waals surface area contributed by atoms with Crippen LogP contribution in [0.5, 0.6) is 0 Å². The van der Waals surface area contributed by atoms with E-state index >= 15 is 0 Å². The van der Waals surface area contributed by atoms with Crippen LogP contribution >= 0.6 is 0 Å². The van der Waals surface area contributed by atoms with E-state index in [9.17, 15) is 0 Å². The van der Waals surface area contributed by atoms with Gasteiger partial charge in [-0.3, -0.25) is 4.57 Å². The molecule has 2 rings (SSSR count). The van der Waals surface area contributed by atoms with Crippen LogP contribution in [0.2, 0.25) is 0 Å². The lowest BCUT2D eigenvalue weighted by atomic mass is 9.87. The van der Waals surface area contributed by atoms with E-state index in [0.29, 0.717) is 0 Å². The summed E-state index contributed by atoms with van der Waals surface area (Å²) in [5, 5.41) is 1.20. The summed E-state index contributed by atoms with van der Waals surface area (Å²) in [7, 11) is 0. The normalized spacial score (nSPS) is 11.6. The summed E-state index contributed by atoms with van der Waals surface area (Å²) in [5.74, 6) is 0. The van der Waals surface area contributed by atoms with Crippen molar-refractivity contribution in [2.75, 3.05) is 0 Å².